The van der Waals surface area contributed by atoms with Crippen molar-refractivity contribution in [2.45, 2.75) is 0 Å². The van der Waals surface area contributed by atoms with Gasteiger partial charge in [-0.1, -0.05) is 18.2 Å². The van der Waals surface area contributed by atoms with Crippen LogP contribution in [-0.4, -0.2) is 13.2 Å². The summed E-state index contributed by atoms with van der Waals surface area (Å²) in [5.74, 6) is 0.451. The van der Waals surface area contributed by atoms with Crippen LogP contribution >= 0.6 is 0 Å². The van der Waals surface area contributed by atoms with Gasteiger partial charge in [-0.15, -0.1) is 0 Å². The molecule has 0 N–H and O–H groups in total. The van der Waals surface area contributed by atoms with Gasteiger partial charge in [-0.2, -0.15) is 4.99 Å². The monoisotopic (exact) mass is 239 g/mol. The van der Waals surface area contributed by atoms with E-state index in [-0.39, 0.29) is 0 Å². The van der Waals surface area contributed by atoms with Gasteiger partial charge in [0.05, 0.1) is 7.11 Å². The largest absolute Gasteiger partial charge is 0.491 e. The summed E-state index contributed by atoms with van der Waals surface area (Å²) >= 11 is 0. The normalized spacial score (nSPS) is 10.5. The third-order valence-corrected chi connectivity index (χ3v) is 2.85. The number of carbonyl (C=O) groups excluding carboxylic acids is 1. The third-order valence-electron chi connectivity index (χ3n) is 2.85. The number of hydrogen-bond donors (Lipinski definition) is 0. The summed E-state index contributed by atoms with van der Waals surface area (Å²) in [7, 11) is 1.52. The molecule has 18 heavy (non-hydrogen) atoms. The van der Waals surface area contributed by atoms with Gasteiger partial charge in [-0.25, -0.2) is 4.79 Å². The van der Waals surface area contributed by atoms with Gasteiger partial charge in [-0.3, -0.25) is 0 Å². The molecule has 0 saturated carbocycles. The van der Waals surface area contributed by atoms with Crippen LogP contribution in [0.2, 0.25) is 0 Å². The van der Waals surface area contributed by atoms with Crippen LogP contribution in [0.5, 0.6) is 5.75 Å². The lowest BCUT2D eigenvalue weighted by Crippen LogP contribution is -1.83. The Morgan fingerprint density at radius 2 is 2.00 bits per heavy atom. The lowest BCUT2D eigenvalue weighted by Gasteiger charge is -2.02. The van der Waals surface area contributed by atoms with Crippen LogP contribution in [0.1, 0.15) is 0 Å². The number of benzene rings is 2. The molecule has 0 aliphatic carbocycles. The van der Waals surface area contributed by atoms with Crippen molar-refractivity contribution < 1.29 is 13.9 Å². The van der Waals surface area contributed by atoms with Gasteiger partial charge >= 0.3 is 0 Å². The number of nitrogens with zero attached hydrogens (tertiary/aromatic N) is 1. The van der Waals surface area contributed by atoms with Crippen molar-refractivity contribution in [2.24, 2.45) is 4.99 Å². The van der Waals surface area contributed by atoms with Crippen LogP contribution in [0.3, 0.4) is 0 Å². The topological polar surface area (TPSA) is 51.8 Å². The first-order valence-corrected chi connectivity index (χ1v) is 5.41. The molecule has 1 heterocycles. The molecule has 0 aliphatic rings. The summed E-state index contributed by atoms with van der Waals surface area (Å²) in [5, 5.41) is 1.94. The molecule has 4 nitrogen and oxygen atoms in total. The van der Waals surface area contributed by atoms with Crippen molar-refractivity contribution in [3.8, 4) is 5.75 Å². The molecule has 0 aliphatic heterocycles. The number of para-hydroxylation sites is 1. The second kappa shape index (κ2) is 4.02. The molecule has 0 saturated heterocycles. The van der Waals surface area contributed by atoms with Crippen molar-refractivity contribution in [1.82, 2.24) is 0 Å². The first kappa shape index (κ1) is 10.6. The van der Waals surface area contributed by atoms with Crippen molar-refractivity contribution in [3.05, 3.63) is 36.4 Å². The fourth-order valence-corrected chi connectivity index (χ4v) is 2.09. The number of aliphatic imine (C=N–C) groups is 1. The zero-order valence-corrected chi connectivity index (χ0v) is 9.64. The Hall–Kier alpha value is -2.58. The molecule has 0 fully saturated rings. The Bertz CT molecular complexity index is 782. The number of fused-ring (bicyclic) bond motifs is 3. The summed E-state index contributed by atoms with van der Waals surface area (Å²) in [6, 6.07) is 11.3. The van der Waals surface area contributed by atoms with E-state index in [4.69, 9.17) is 9.15 Å². The van der Waals surface area contributed by atoms with E-state index in [2.05, 4.69) is 4.99 Å². The Morgan fingerprint density at radius 1 is 1.17 bits per heavy atom. The predicted octanol–water partition coefficient (Wildman–Crippen LogP) is 3.56. The van der Waals surface area contributed by atoms with Crippen LogP contribution in [0.4, 0.5) is 5.69 Å². The van der Waals surface area contributed by atoms with Crippen LogP contribution in [0, 0.1) is 0 Å². The van der Waals surface area contributed by atoms with E-state index < -0.39 is 0 Å². The van der Waals surface area contributed by atoms with Gasteiger partial charge in [0.2, 0.25) is 6.08 Å². The second-order valence-electron chi connectivity index (χ2n) is 3.80. The minimum absolute atomic E-state index is 0.416. The van der Waals surface area contributed by atoms with E-state index >= 15 is 0 Å². The van der Waals surface area contributed by atoms with Crippen LogP contribution in [0.15, 0.2) is 45.8 Å². The molecule has 0 spiro atoms. The maximum absolute atomic E-state index is 10.4. The standard InChI is InChI=1S/C14H9NO3/c1-17-14-11(15-8-16)7-6-10-9-4-2-3-5-12(9)18-13(10)14/h2-7H,1H3. The van der Waals surface area contributed by atoms with Crippen molar-refractivity contribution in [2.75, 3.05) is 7.11 Å². The molecule has 0 amide bonds. The highest BCUT2D eigenvalue weighted by Gasteiger charge is 2.14. The van der Waals surface area contributed by atoms with Gasteiger partial charge in [0, 0.05) is 10.8 Å². The van der Waals surface area contributed by atoms with Gasteiger partial charge in [-0.05, 0) is 18.2 Å². The zero-order chi connectivity index (χ0) is 12.5. The summed E-state index contributed by atoms with van der Waals surface area (Å²) in [6.07, 6.45) is 1.51. The predicted molar refractivity (Wildman–Crippen MR) is 68.1 cm³/mol. The fraction of sp³-hybridized carbons (Fsp3) is 0.0714. The first-order chi connectivity index (χ1) is 8.85. The maximum atomic E-state index is 10.4. The number of ether oxygens (including phenoxy) is 1. The van der Waals surface area contributed by atoms with E-state index in [9.17, 15) is 4.79 Å². The molecule has 88 valence electrons. The number of furan rings is 1. The number of isocyanates is 1. The van der Waals surface area contributed by atoms with Crippen LogP contribution in [-0.2, 0) is 4.79 Å². The Labute approximate surface area is 102 Å². The summed E-state index contributed by atoms with van der Waals surface area (Å²) in [4.78, 5) is 14.0. The van der Waals surface area contributed by atoms with Gasteiger partial charge in [0.1, 0.15) is 11.3 Å². The average molecular weight is 239 g/mol. The summed E-state index contributed by atoms with van der Waals surface area (Å²) in [6.45, 7) is 0. The smallest absolute Gasteiger partial charge is 0.240 e. The molecular weight excluding hydrogens is 230 g/mol. The highest BCUT2D eigenvalue weighted by atomic mass is 16.5. The molecule has 0 radical (unpaired) electrons. The fourth-order valence-electron chi connectivity index (χ4n) is 2.09. The molecule has 3 aromatic rings. The van der Waals surface area contributed by atoms with E-state index in [1.807, 2.05) is 30.3 Å². The lowest BCUT2D eigenvalue weighted by molar-refractivity contribution is 0.413. The van der Waals surface area contributed by atoms with Crippen molar-refractivity contribution in [1.29, 1.82) is 0 Å². The first-order valence-electron chi connectivity index (χ1n) is 5.41. The highest BCUT2D eigenvalue weighted by molar-refractivity contribution is 6.08. The summed E-state index contributed by atoms with van der Waals surface area (Å²) < 4.78 is 11.0. The molecule has 0 bridgehead atoms. The SMILES string of the molecule is COc1c(N=C=O)ccc2c1oc1ccccc12. The van der Waals surface area contributed by atoms with Crippen molar-refractivity contribution >= 4 is 33.7 Å². The number of hydrogen-bond acceptors (Lipinski definition) is 4. The minimum atomic E-state index is 0.416. The van der Waals surface area contributed by atoms with Gasteiger partial charge in [0.25, 0.3) is 0 Å². The van der Waals surface area contributed by atoms with Crippen LogP contribution < -0.4 is 4.74 Å². The van der Waals surface area contributed by atoms with E-state index in [1.54, 1.807) is 6.07 Å². The van der Waals surface area contributed by atoms with Crippen LogP contribution in [0.25, 0.3) is 21.9 Å². The molecule has 0 atom stereocenters. The summed E-state index contributed by atoms with van der Waals surface area (Å²) in [5.41, 5.74) is 1.78. The zero-order valence-electron chi connectivity index (χ0n) is 9.64. The van der Waals surface area contributed by atoms with E-state index in [0.29, 0.717) is 17.0 Å². The molecular formula is C14H9NO3. The minimum Gasteiger partial charge on any atom is -0.491 e. The Kier molecular flexibility index (Phi) is 2.36. The highest BCUT2D eigenvalue weighted by Crippen LogP contribution is 2.40. The Morgan fingerprint density at radius 3 is 2.78 bits per heavy atom. The second-order valence-corrected chi connectivity index (χ2v) is 3.80. The Balaban J connectivity index is 2.47. The maximum Gasteiger partial charge on any atom is 0.240 e. The lowest BCUT2D eigenvalue weighted by atomic mass is 10.1. The molecule has 4 heteroatoms. The van der Waals surface area contributed by atoms with E-state index in [1.165, 1.54) is 13.2 Å². The third kappa shape index (κ3) is 1.40. The molecule has 0 unspecified atom stereocenters. The average Bonchev–Trinajstić information content (AvgIpc) is 2.77. The van der Waals surface area contributed by atoms with Gasteiger partial charge in [0.15, 0.2) is 11.3 Å². The van der Waals surface area contributed by atoms with Crippen molar-refractivity contribution in [3.63, 3.8) is 0 Å². The van der Waals surface area contributed by atoms with E-state index in [0.717, 1.165) is 16.4 Å². The number of rotatable bonds is 2. The molecule has 1 aromatic heterocycles. The number of methoxy groups -OCH3 is 1. The quantitative estimate of drug-likeness (QED) is 0.507. The van der Waals surface area contributed by atoms with Gasteiger partial charge < -0.3 is 9.15 Å². The molecule has 3 rings (SSSR count). The molecule has 2 aromatic carbocycles.